The molecule has 0 radical (unpaired) electrons. The van der Waals surface area contributed by atoms with Gasteiger partial charge in [-0.2, -0.15) is 0 Å². The number of aryl methyl sites for hydroxylation is 2. The molecule has 0 aliphatic heterocycles. The SMILES string of the molecule is CN(C)c1nc(Cl)c2c3c(sc2n1)CCCCC3. The van der Waals surface area contributed by atoms with Crippen molar-refractivity contribution in [3.05, 3.63) is 15.6 Å². The van der Waals surface area contributed by atoms with Crippen molar-refractivity contribution in [2.45, 2.75) is 32.1 Å². The number of aromatic nitrogens is 2. The summed E-state index contributed by atoms with van der Waals surface area (Å²) in [5.41, 5.74) is 1.41. The second-order valence-corrected chi connectivity index (χ2v) is 6.40. The van der Waals surface area contributed by atoms with E-state index in [0.29, 0.717) is 11.1 Å². The zero-order valence-electron chi connectivity index (χ0n) is 10.7. The molecule has 0 unspecified atom stereocenters. The Morgan fingerprint density at radius 3 is 2.67 bits per heavy atom. The third-order valence-electron chi connectivity index (χ3n) is 3.41. The summed E-state index contributed by atoms with van der Waals surface area (Å²) in [7, 11) is 3.88. The molecule has 0 bridgehead atoms. The van der Waals surface area contributed by atoms with Crippen molar-refractivity contribution < 1.29 is 0 Å². The van der Waals surface area contributed by atoms with E-state index < -0.39 is 0 Å². The van der Waals surface area contributed by atoms with Crippen LogP contribution in [0.15, 0.2) is 0 Å². The lowest BCUT2D eigenvalue weighted by Gasteiger charge is -2.10. The molecule has 0 aromatic carbocycles. The Hall–Kier alpha value is -0.870. The van der Waals surface area contributed by atoms with Crippen LogP contribution in [-0.2, 0) is 12.8 Å². The lowest BCUT2D eigenvalue weighted by molar-refractivity contribution is 0.713. The van der Waals surface area contributed by atoms with Gasteiger partial charge in [-0.15, -0.1) is 11.3 Å². The molecule has 0 fully saturated rings. The third kappa shape index (κ3) is 1.97. The number of hydrogen-bond acceptors (Lipinski definition) is 4. The second-order valence-electron chi connectivity index (χ2n) is 4.95. The highest BCUT2D eigenvalue weighted by Gasteiger charge is 2.19. The van der Waals surface area contributed by atoms with Gasteiger partial charge in [-0.05, 0) is 31.2 Å². The van der Waals surface area contributed by atoms with Gasteiger partial charge in [-0.3, -0.25) is 0 Å². The fourth-order valence-corrected chi connectivity index (χ4v) is 4.07. The van der Waals surface area contributed by atoms with Gasteiger partial charge in [0, 0.05) is 19.0 Å². The first-order valence-corrected chi connectivity index (χ1v) is 7.51. The summed E-state index contributed by atoms with van der Waals surface area (Å²) < 4.78 is 0. The number of nitrogens with zero attached hydrogens (tertiary/aromatic N) is 3. The van der Waals surface area contributed by atoms with E-state index in [9.17, 15) is 0 Å². The Kier molecular flexibility index (Phi) is 3.16. The first kappa shape index (κ1) is 12.2. The minimum absolute atomic E-state index is 0.614. The van der Waals surface area contributed by atoms with Gasteiger partial charge in [0.25, 0.3) is 0 Å². The molecule has 5 heteroatoms. The first-order valence-electron chi connectivity index (χ1n) is 6.32. The lowest BCUT2D eigenvalue weighted by atomic mass is 10.1. The van der Waals surface area contributed by atoms with E-state index >= 15 is 0 Å². The van der Waals surface area contributed by atoms with Crippen LogP contribution in [0, 0.1) is 0 Å². The zero-order chi connectivity index (χ0) is 12.7. The number of fused-ring (bicyclic) bond motifs is 3. The molecule has 1 aliphatic rings. The van der Waals surface area contributed by atoms with Gasteiger partial charge < -0.3 is 4.90 Å². The molecule has 0 amide bonds. The summed E-state index contributed by atoms with van der Waals surface area (Å²) in [4.78, 5) is 13.4. The van der Waals surface area contributed by atoms with Gasteiger partial charge in [-0.1, -0.05) is 18.0 Å². The van der Waals surface area contributed by atoms with Crippen molar-refractivity contribution >= 4 is 39.1 Å². The molecular formula is C13H16ClN3S. The molecular weight excluding hydrogens is 266 g/mol. The molecule has 18 heavy (non-hydrogen) atoms. The Morgan fingerprint density at radius 2 is 1.89 bits per heavy atom. The van der Waals surface area contributed by atoms with E-state index in [2.05, 4.69) is 9.97 Å². The number of anilines is 1. The van der Waals surface area contributed by atoms with Crippen molar-refractivity contribution in [2.75, 3.05) is 19.0 Å². The van der Waals surface area contributed by atoms with Crippen molar-refractivity contribution in [1.82, 2.24) is 9.97 Å². The first-order chi connectivity index (χ1) is 8.66. The summed E-state index contributed by atoms with van der Waals surface area (Å²) in [6.45, 7) is 0. The zero-order valence-corrected chi connectivity index (χ0v) is 12.2. The molecule has 0 saturated heterocycles. The van der Waals surface area contributed by atoms with Crippen LogP contribution in [0.5, 0.6) is 0 Å². The Bertz CT molecular complexity index is 591. The van der Waals surface area contributed by atoms with E-state index in [1.54, 1.807) is 11.3 Å². The van der Waals surface area contributed by atoms with Crippen LogP contribution >= 0.6 is 22.9 Å². The summed E-state index contributed by atoms with van der Waals surface area (Å²) in [6.07, 6.45) is 6.15. The van der Waals surface area contributed by atoms with E-state index in [-0.39, 0.29) is 0 Å². The van der Waals surface area contributed by atoms with Crippen LogP contribution in [0.25, 0.3) is 10.2 Å². The average Bonchev–Trinajstić information content (AvgIpc) is 2.52. The van der Waals surface area contributed by atoms with E-state index in [1.807, 2.05) is 19.0 Å². The molecule has 2 heterocycles. The molecule has 0 saturated carbocycles. The number of hydrogen-bond donors (Lipinski definition) is 0. The Morgan fingerprint density at radius 1 is 1.11 bits per heavy atom. The molecule has 0 spiro atoms. The average molecular weight is 282 g/mol. The summed E-state index contributed by atoms with van der Waals surface area (Å²) in [5, 5.41) is 1.72. The number of rotatable bonds is 1. The Balaban J connectivity index is 2.22. The van der Waals surface area contributed by atoms with Crippen LogP contribution in [0.2, 0.25) is 5.15 Å². The summed E-state index contributed by atoms with van der Waals surface area (Å²) in [5.74, 6) is 0.698. The van der Waals surface area contributed by atoms with E-state index in [4.69, 9.17) is 11.6 Å². The number of thiophene rings is 1. The third-order valence-corrected chi connectivity index (χ3v) is 4.87. The lowest BCUT2D eigenvalue weighted by Crippen LogP contribution is -2.12. The van der Waals surface area contributed by atoms with E-state index in [1.165, 1.54) is 36.1 Å². The standard InChI is InChI=1S/C13H16ClN3S/c1-17(2)13-15-11(14)10-8-6-4-3-5-7-9(8)18-12(10)16-13/h3-7H2,1-2H3. The van der Waals surface area contributed by atoms with Gasteiger partial charge in [0.15, 0.2) is 0 Å². The molecule has 2 aromatic heterocycles. The maximum absolute atomic E-state index is 6.37. The van der Waals surface area contributed by atoms with Crippen LogP contribution in [-0.4, -0.2) is 24.1 Å². The van der Waals surface area contributed by atoms with Crippen LogP contribution < -0.4 is 4.90 Å². The summed E-state index contributed by atoms with van der Waals surface area (Å²) >= 11 is 8.16. The van der Waals surface area contributed by atoms with Crippen molar-refractivity contribution in [1.29, 1.82) is 0 Å². The van der Waals surface area contributed by atoms with Crippen molar-refractivity contribution in [3.63, 3.8) is 0 Å². The molecule has 3 nitrogen and oxygen atoms in total. The normalized spacial score (nSPS) is 15.5. The second kappa shape index (κ2) is 4.67. The van der Waals surface area contributed by atoms with E-state index in [0.717, 1.165) is 16.6 Å². The highest BCUT2D eigenvalue weighted by atomic mass is 35.5. The maximum atomic E-state index is 6.37. The molecule has 2 aromatic rings. The quantitative estimate of drug-likeness (QED) is 0.590. The summed E-state index contributed by atoms with van der Waals surface area (Å²) in [6, 6.07) is 0. The molecule has 0 N–H and O–H groups in total. The van der Waals surface area contributed by atoms with Gasteiger partial charge in [0.2, 0.25) is 5.95 Å². The molecule has 3 rings (SSSR count). The van der Waals surface area contributed by atoms with Crippen LogP contribution in [0.1, 0.15) is 29.7 Å². The smallest absolute Gasteiger partial charge is 0.227 e. The maximum Gasteiger partial charge on any atom is 0.227 e. The van der Waals surface area contributed by atoms with Gasteiger partial charge in [0.1, 0.15) is 9.98 Å². The van der Waals surface area contributed by atoms with Crippen LogP contribution in [0.4, 0.5) is 5.95 Å². The highest BCUT2D eigenvalue weighted by Crippen LogP contribution is 2.38. The predicted octanol–water partition coefficient (Wildman–Crippen LogP) is 3.68. The van der Waals surface area contributed by atoms with Gasteiger partial charge in [0.05, 0.1) is 5.39 Å². The monoisotopic (exact) mass is 281 g/mol. The van der Waals surface area contributed by atoms with Crippen molar-refractivity contribution in [2.24, 2.45) is 0 Å². The van der Waals surface area contributed by atoms with Crippen LogP contribution in [0.3, 0.4) is 0 Å². The minimum atomic E-state index is 0.614. The Labute approximate surface area is 116 Å². The topological polar surface area (TPSA) is 29.0 Å². The van der Waals surface area contributed by atoms with Gasteiger partial charge in [-0.25, -0.2) is 9.97 Å². The highest BCUT2D eigenvalue weighted by molar-refractivity contribution is 7.19. The number of halogens is 1. The predicted molar refractivity (Wildman–Crippen MR) is 78.0 cm³/mol. The molecule has 1 aliphatic carbocycles. The fourth-order valence-electron chi connectivity index (χ4n) is 2.48. The largest absolute Gasteiger partial charge is 0.347 e. The molecule has 0 atom stereocenters. The van der Waals surface area contributed by atoms with Crippen molar-refractivity contribution in [3.8, 4) is 0 Å². The van der Waals surface area contributed by atoms with Gasteiger partial charge >= 0.3 is 0 Å². The molecule has 96 valence electrons. The fraction of sp³-hybridized carbons (Fsp3) is 0.538. The minimum Gasteiger partial charge on any atom is -0.347 e.